The number of benzene rings is 1. The number of carbonyl (C=O) groups excluding carboxylic acids is 2. The second-order valence-electron chi connectivity index (χ2n) is 4.91. The summed E-state index contributed by atoms with van der Waals surface area (Å²) in [6.45, 7) is 3.92. The summed E-state index contributed by atoms with van der Waals surface area (Å²) in [5.41, 5.74) is 0.921. The Bertz CT molecular complexity index is 569. The van der Waals surface area contributed by atoms with Gasteiger partial charge < -0.3 is 10.6 Å². The Morgan fingerprint density at radius 3 is 2.70 bits per heavy atom. The van der Waals surface area contributed by atoms with Gasteiger partial charge in [-0.25, -0.2) is 0 Å². The lowest BCUT2D eigenvalue weighted by molar-refractivity contribution is -0.132. The molecule has 2 N–H and O–H groups in total. The van der Waals surface area contributed by atoms with Crippen LogP contribution in [0.25, 0.3) is 6.08 Å². The molecule has 20 heavy (non-hydrogen) atoms. The molecule has 0 saturated carbocycles. The van der Waals surface area contributed by atoms with Gasteiger partial charge in [-0.05, 0) is 23.6 Å². The summed E-state index contributed by atoms with van der Waals surface area (Å²) >= 11 is 6.04. The third-order valence-corrected chi connectivity index (χ3v) is 3.83. The highest BCUT2D eigenvalue weighted by Gasteiger charge is 2.32. The van der Waals surface area contributed by atoms with E-state index in [0.717, 1.165) is 6.42 Å². The average Bonchev–Trinajstić information content (AvgIpc) is 2.44. The minimum atomic E-state index is -0.476. The Balaban J connectivity index is 2.23. The van der Waals surface area contributed by atoms with E-state index in [0.29, 0.717) is 10.6 Å². The van der Waals surface area contributed by atoms with Crippen molar-refractivity contribution in [2.24, 2.45) is 5.92 Å². The zero-order valence-corrected chi connectivity index (χ0v) is 12.2. The zero-order chi connectivity index (χ0) is 14.7. The molecule has 1 aromatic rings. The fourth-order valence-electron chi connectivity index (χ4n) is 2.04. The lowest BCUT2D eigenvalue weighted by atomic mass is 9.96. The number of hydrogen-bond acceptors (Lipinski definition) is 2. The van der Waals surface area contributed by atoms with Crippen LogP contribution < -0.4 is 10.6 Å². The molecule has 0 spiro atoms. The first-order valence-electron chi connectivity index (χ1n) is 6.61. The maximum Gasteiger partial charge on any atom is 0.268 e. The summed E-state index contributed by atoms with van der Waals surface area (Å²) in [6.07, 6.45) is 2.41. The van der Waals surface area contributed by atoms with Crippen molar-refractivity contribution in [1.29, 1.82) is 0 Å². The Hall–Kier alpha value is -1.81. The van der Waals surface area contributed by atoms with E-state index >= 15 is 0 Å². The van der Waals surface area contributed by atoms with Crippen molar-refractivity contribution in [2.45, 2.75) is 26.3 Å². The van der Waals surface area contributed by atoms with Crippen LogP contribution in [0.5, 0.6) is 0 Å². The van der Waals surface area contributed by atoms with Crippen molar-refractivity contribution in [3.8, 4) is 0 Å². The van der Waals surface area contributed by atoms with Gasteiger partial charge in [0.05, 0.1) is 0 Å². The van der Waals surface area contributed by atoms with E-state index in [1.165, 1.54) is 0 Å². The summed E-state index contributed by atoms with van der Waals surface area (Å²) < 4.78 is 0. The number of halogens is 1. The molecule has 1 aliphatic rings. The number of amides is 2. The second kappa shape index (κ2) is 6.09. The van der Waals surface area contributed by atoms with Gasteiger partial charge >= 0.3 is 0 Å². The smallest absolute Gasteiger partial charge is 0.268 e. The van der Waals surface area contributed by atoms with E-state index in [9.17, 15) is 9.59 Å². The van der Waals surface area contributed by atoms with E-state index in [4.69, 9.17) is 11.6 Å². The maximum absolute atomic E-state index is 12.0. The molecule has 1 heterocycles. The molecule has 5 heteroatoms. The topological polar surface area (TPSA) is 58.2 Å². The predicted molar refractivity (Wildman–Crippen MR) is 79.0 cm³/mol. The van der Waals surface area contributed by atoms with Gasteiger partial charge in [0, 0.05) is 5.02 Å². The molecule has 1 aromatic carbocycles. The van der Waals surface area contributed by atoms with Gasteiger partial charge in [-0.15, -0.1) is 0 Å². The summed E-state index contributed by atoms with van der Waals surface area (Å²) in [5.74, 6) is -0.368. The van der Waals surface area contributed by atoms with Crippen LogP contribution in [0, 0.1) is 5.92 Å². The molecule has 0 bridgehead atoms. The number of piperazine rings is 1. The Kier molecular flexibility index (Phi) is 4.45. The quantitative estimate of drug-likeness (QED) is 0.840. The molecule has 0 aliphatic carbocycles. The SMILES string of the molecule is CC[C@H](C)[C@@H]1NC(=O)/C(=C/c2ccccc2Cl)NC1=O. The van der Waals surface area contributed by atoms with Gasteiger partial charge in [-0.3, -0.25) is 9.59 Å². The van der Waals surface area contributed by atoms with Crippen LogP contribution in [-0.2, 0) is 9.59 Å². The van der Waals surface area contributed by atoms with Crippen molar-refractivity contribution in [3.63, 3.8) is 0 Å². The molecule has 0 aromatic heterocycles. The molecule has 1 fully saturated rings. The summed E-state index contributed by atoms with van der Waals surface area (Å²) in [5, 5.41) is 5.94. The largest absolute Gasteiger partial charge is 0.339 e. The van der Waals surface area contributed by atoms with Gasteiger partial charge in [-0.1, -0.05) is 50.1 Å². The van der Waals surface area contributed by atoms with Crippen LogP contribution in [0.1, 0.15) is 25.8 Å². The monoisotopic (exact) mass is 292 g/mol. The van der Waals surface area contributed by atoms with Crippen molar-refractivity contribution < 1.29 is 9.59 Å². The van der Waals surface area contributed by atoms with Crippen LogP contribution in [0.4, 0.5) is 0 Å². The minimum Gasteiger partial charge on any atom is -0.339 e. The van der Waals surface area contributed by atoms with Crippen molar-refractivity contribution in [3.05, 3.63) is 40.5 Å². The third-order valence-electron chi connectivity index (χ3n) is 3.49. The highest BCUT2D eigenvalue weighted by molar-refractivity contribution is 6.32. The molecule has 2 atom stereocenters. The molecule has 4 nitrogen and oxygen atoms in total. The molecular formula is C15H17ClN2O2. The minimum absolute atomic E-state index is 0.0980. The highest BCUT2D eigenvalue weighted by atomic mass is 35.5. The first-order chi connectivity index (χ1) is 9.52. The highest BCUT2D eigenvalue weighted by Crippen LogP contribution is 2.19. The Morgan fingerprint density at radius 1 is 1.35 bits per heavy atom. The van der Waals surface area contributed by atoms with Crippen molar-refractivity contribution in [1.82, 2.24) is 10.6 Å². The molecule has 1 aliphatic heterocycles. The lowest BCUT2D eigenvalue weighted by Gasteiger charge is -2.28. The number of carbonyl (C=O) groups is 2. The molecule has 2 rings (SSSR count). The molecular weight excluding hydrogens is 276 g/mol. The van der Waals surface area contributed by atoms with Crippen molar-refractivity contribution >= 4 is 29.5 Å². The summed E-state index contributed by atoms with van der Waals surface area (Å²) in [7, 11) is 0. The standard InChI is InChI=1S/C15H17ClN2O2/c1-3-9(2)13-15(20)17-12(14(19)18-13)8-10-6-4-5-7-11(10)16/h4-9,13H,3H2,1-2H3,(H,17,20)(H,18,19)/b12-8-/t9-,13-/m0/s1. The van der Waals surface area contributed by atoms with Crippen molar-refractivity contribution in [2.75, 3.05) is 0 Å². The molecule has 0 unspecified atom stereocenters. The van der Waals surface area contributed by atoms with Crippen LogP contribution in [0.2, 0.25) is 5.02 Å². The van der Waals surface area contributed by atoms with E-state index in [2.05, 4.69) is 10.6 Å². The van der Waals surface area contributed by atoms with Crippen LogP contribution in [0.15, 0.2) is 30.0 Å². The van der Waals surface area contributed by atoms with E-state index in [1.54, 1.807) is 18.2 Å². The van der Waals surface area contributed by atoms with Gasteiger partial charge in [0.15, 0.2) is 0 Å². The average molecular weight is 293 g/mol. The maximum atomic E-state index is 12.0. The van der Waals surface area contributed by atoms with E-state index in [1.807, 2.05) is 26.0 Å². The Morgan fingerprint density at radius 2 is 2.05 bits per heavy atom. The Labute approximate surface area is 123 Å². The van der Waals surface area contributed by atoms with Crippen LogP contribution in [0.3, 0.4) is 0 Å². The summed E-state index contributed by atoms with van der Waals surface area (Å²) in [4.78, 5) is 24.1. The van der Waals surface area contributed by atoms with E-state index in [-0.39, 0.29) is 23.4 Å². The van der Waals surface area contributed by atoms with Gasteiger partial charge in [0.1, 0.15) is 11.7 Å². The van der Waals surface area contributed by atoms with E-state index < -0.39 is 6.04 Å². The second-order valence-corrected chi connectivity index (χ2v) is 5.31. The van der Waals surface area contributed by atoms with Crippen LogP contribution in [-0.4, -0.2) is 17.9 Å². The fraction of sp³-hybridized carbons (Fsp3) is 0.333. The number of nitrogens with one attached hydrogen (secondary N) is 2. The molecule has 0 radical (unpaired) electrons. The number of hydrogen-bond donors (Lipinski definition) is 2. The summed E-state index contributed by atoms with van der Waals surface area (Å²) in [6, 6.07) is 6.68. The third kappa shape index (κ3) is 3.02. The zero-order valence-electron chi connectivity index (χ0n) is 11.4. The van der Waals surface area contributed by atoms with Gasteiger partial charge in [0.2, 0.25) is 5.91 Å². The molecule has 106 valence electrons. The normalized spacial score (nSPS) is 22.4. The fourth-order valence-corrected chi connectivity index (χ4v) is 2.23. The predicted octanol–water partition coefficient (Wildman–Crippen LogP) is 2.34. The number of rotatable bonds is 3. The first kappa shape index (κ1) is 14.6. The van der Waals surface area contributed by atoms with Gasteiger partial charge in [0.25, 0.3) is 5.91 Å². The van der Waals surface area contributed by atoms with Crippen LogP contribution >= 0.6 is 11.6 Å². The molecule has 2 amide bonds. The van der Waals surface area contributed by atoms with Gasteiger partial charge in [-0.2, -0.15) is 0 Å². The lowest BCUT2D eigenvalue weighted by Crippen LogP contribution is -2.57. The molecule has 1 saturated heterocycles. The first-order valence-corrected chi connectivity index (χ1v) is 6.98.